The van der Waals surface area contributed by atoms with Gasteiger partial charge in [0.15, 0.2) is 6.61 Å². The smallest absolute Gasteiger partial charge is 0.338 e. The summed E-state index contributed by atoms with van der Waals surface area (Å²) >= 11 is 5.93. The van der Waals surface area contributed by atoms with Gasteiger partial charge in [0.25, 0.3) is 11.6 Å². The van der Waals surface area contributed by atoms with Crippen molar-refractivity contribution in [1.82, 2.24) is 4.57 Å². The molecule has 0 saturated heterocycles. The number of nitrogens with zero attached hydrogens (tertiary/aromatic N) is 2. The summed E-state index contributed by atoms with van der Waals surface area (Å²) in [5.74, 6) is -1.27. The molecule has 148 valence electrons. The number of hydrogen-bond donors (Lipinski definition) is 1. The van der Waals surface area contributed by atoms with Crippen LogP contribution in [0.2, 0.25) is 5.02 Å². The number of aryl methyl sites for hydroxylation is 1. The lowest BCUT2D eigenvalue weighted by Gasteiger charge is -2.11. The van der Waals surface area contributed by atoms with Crippen LogP contribution in [-0.4, -0.2) is 28.0 Å². The van der Waals surface area contributed by atoms with Crippen LogP contribution in [-0.2, 0) is 9.53 Å². The summed E-state index contributed by atoms with van der Waals surface area (Å²) in [5, 5.41) is 13.2. The van der Waals surface area contributed by atoms with E-state index in [-0.39, 0.29) is 16.4 Å². The third kappa shape index (κ3) is 4.80. The number of amides is 1. The molecule has 0 unspecified atom stereocenters. The Morgan fingerprint density at radius 3 is 2.55 bits per heavy atom. The molecule has 3 aromatic rings. The normalized spacial score (nSPS) is 10.4. The maximum Gasteiger partial charge on any atom is 0.338 e. The highest BCUT2D eigenvalue weighted by Gasteiger charge is 2.15. The van der Waals surface area contributed by atoms with E-state index in [2.05, 4.69) is 5.32 Å². The van der Waals surface area contributed by atoms with Gasteiger partial charge >= 0.3 is 5.97 Å². The Balaban J connectivity index is 1.63. The summed E-state index contributed by atoms with van der Waals surface area (Å²) in [6, 6.07) is 12.5. The molecule has 0 aliphatic carbocycles. The van der Waals surface area contributed by atoms with Crippen LogP contribution in [0, 0.1) is 17.0 Å². The first-order valence-electron chi connectivity index (χ1n) is 8.50. The Bertz CT molecular complexity index is 1080. The summed E-state index contributed by atoms with van der Waals surface area (Å²) in [4.78, 5) is 34.5. The zero-order chi connectivity index (χ0) is 21.0. The summed E-state index contributed by atoms with van der Waals surface area (Å²) in [5.41, 5.74) is 2.09. The first kappa shape index (κ1) is 20.1. The largest absolute Gasteiger partial charge is 0.452 e. The van der Waals surface area contributed by atoms with Crippen molar-refractivity contribution in [2.24, 2.45) is 0 Å². The van der Waals surface area contributed by atoms with Crippen LogP contribution in [0.25, 0.3) is 5.69 Å². The van der Waals surface area contributed by atoms with Crippen molar-refractivity contribution in [2.75, 3.05) is 11.9 Å². The quantitative estimate of drug-likeness (QED) is 0.371. The molecule has 9 heteroatoms. The van der Waals surface area contributed by atoms with Gasteiger partial charge in [-0.1, -0.05) is 17.7 Å². The fourth-order valence-electron chi connectivity index (χ4n) is 2.63. The van der Waals surface area contributed by atoms with Gasteiger partial charge in [0, 0.05) is 30.2 Å². The molecule has 1 heterocycles. The van der Waals surface area contributed by atoms with Gasteiger partial charge < -0.3 is 14.6 Å². The van der Waals surface area contributed by atoms with Gasteiger partial charge in [-0.25, -0.2) is 4.79 Å². The van der Waals surface area contributed by atoms with Gasteiger partial charge in [-0.15, -0.1) is 0 Å². The second-order valence-electron chi connectivity index (χ2n) is 6.14. The minimum atomic E-state index is -0.650. The standard InChI is InChI=1S/C20H16ClN3O5/c1-13-4-5-14(10-18(13)23-8-2-3-9-23)20(26)29-12-19(25)22-17-7-6-15(24(27)28)11-16(17)21/h2-11H,12H2,1H3,(H,22,25). The zero-order valence-corrected chi connectivity index (χ0v) is 16.1. The zero-order valence-electron chi connectivity index (χ0n) is 15.3. The number of rotatable bonds is 6. The number of aromatic nitrogens is 1. The molecule has 0 aliphatic rings. The Morgan fingerprint density at radius 1 is 1.17 bits per heavy atom. The number of carbonyl (C=O) groups is 2. The molecule has 3 rings (SSSR count). The van der Waals surface area contributed by atoms with Gasteiger partial charge in [0.05, 0.1) is 21.2 Å². The van der Waals surface area contributed by atoms with E-state index >= 15 is 0 Å². The molecule has 2 aromatic carbocycles. The molecular formula is C20H16ClN3O5. The van der Waals surface area contributed by atoms with E-state index in [0.717, 1.165) is 17.3 Å². The van der Waals surface area contributed by atoms with Crippen molar-refractivity contribution in [3.63, 3.8) is 0 Å². The van der Waals surface area contributed by atoms with E-state index in [1.807, 2.05) is 36.0 Å². The fraction of sp³-hybridized carbons (Fsp3) is 0.100. The molecule has 0 atom stereocenters. The summed E-state index contributed by atoms with van der Waals surface area (Å²) < 4.78 is 6.94. The number of benzene rings is 2. The average molecular weight is 414 g/mol. The lowest BCUT2D eigenvalue weighted by atomic mass is 10.1. The topological polar surface area (TPSA) is 103 Å². The lowest BCUT2D eigenvalue weighted by molar-refractivity contribution is -0.384. The fourth-order valence-corrected chi connectivity index (χ4v) is 2.85. The molecule has 8 nitrogen and oxygen atoms in total. The Hall–Kier alpha value is -3.65. The molecule has 0 spiro atoms. The molecule has 0 bridgehead atoms. The van der Waals surface area contributed by atoms with E-state index in [1.165, 1.54) is 12.1 Å². The Kier molecular flexibility index (Phi) is 5.94. The van der Waals surface area contributed by atoms with Crippen LogP contribution >= 0.6 is 11.6 Å². The van der Waals surface area contributed by atoms with Crippen molar-refractivity contribution in [2.45, 2.75) is 6.92 Å². The van der Waals surface area contributed by atoms with Gasteiger partial charge in [0.1, 0.15) is 0 Å². The van der Waals surface area contributed by atoms with E-state index in [9.17, 15) is 19.7 Å². The molecule has 0 radical (unpaired) electrons. The van der Waals surface area contributed by atoms with Gasteiger partial charge in [-0.3, -0.25) is 14.9 Å². The number of nitrogens with one attached hydrogen (secondary N) is 1. The number of anilines is 1. The molecule has 0 saturated carbocycles. The molecule has 1 amide bonds. The lowest BCUT2D eigenvalue weighted by Crippen LogP contribution is -2.21. The van der Waals surface area contributed by atoms with Crippen molar-refractivity contribution >= 4 is 34.9 Å². The van der Waals surface area contributed by atoms with Gasteiger partial charge in [0.2, 0.25) is 0 Å². The van der Waals surface area contributed by atoms with Crippen molar-refractivity contribution in [1.29, 1.82) is 0 Å². The van der Waals surface area contributed by atoms with E-state index in [4.69, 9.17) is 16.3 Å². The Labute approximate surface area is 170 Å². The van der Waals surface area contributed by atoms with Crippen LogP contribution in [0.3, 0.4) is 0 Å². The summed E-state index contributed by atoms with van der Waals surface area (Å²) in [7, 11) is 0. The second kappa shape index (κ2) is 8.57. The predicted molar refractivity (Wildman–Crippen MR) is 108 cm³/mol. The van der Waals surface area contributed by atoms with E-state index < -0.39 is 23.4 Å². The number of nitro benzene ring substituents is 1. The molecular weight excluding hydrogens is 398 g/mol. The number of esters is 1. The van der Waals surface area contributed by atoms with Crippen molar-refractivity contribution in [3.8, 4) is 5.69 Å². The molecule has 0 fully saturated rings. The third-order valence-electron chi connectivity index (χ3n) is 4.10. The highest BCUT2D eigenvalue weighted by Crippen LogP contribution is 2.26. The number of ether oxygens (including phenoxy) is 1. The average Bonchev–Trinajstić information content (AvgIpc) is 3.22. The number of non-ortho nitro benzene ring substituents is 1. The minimum Gasteiger partial charge on any atom is -0.452 e. The summed E-state index contributed by atoms with van der Waals surface area (Å²) in [6.07, 6.45) is 3.72. The molecule has 1 N–H and O–H groups in total. The highest BCUT2D eigenvalue weighted by atomic mass is 35.5. The SMILES string of the molecule is Cc1ccc(C(=O)OCC(=O)Nc2ccc([N+](=O)[O-])cc2Cl)cc1-n1cccc1. The van der Waals surface area contributed by atoms with Gasteiger partial charge in [-0.05, 0) is 42.8 Å². The van der Waals surface area contributed by atoms with E-state index in [1.54, 1.807) is 18.2 Å². The predicted octanol–water partition coefficient (Wildman–Crippen LogP) is 4.14. The van der Waals surface area contributed by atoms with Crippen molar-refractivity contribution in [3.05, 3.63) is 87.2 Å². The minimum absolute atomic E-state index is 0.00813. The number of hydrogen-bond acceptors (Lipinski definition) is 5. The van der Waals surface area contributed by atoms with Gasteiger partial charge in [-0.2, -0.15) is 0 Å². The van der Waals surface area contributed by atoms with Crippen LogP contribution in [0.4, 0.5) is 11.4 Å². The van der Waals surface area contributed by atoms with E-state index in [0.29, 0.717) is 5.56 Å². The van der Waals surface area contributed by atoms with Crippen LogP contribution in [0.15, 0.2) is 60.9 Å². The van der Waals surface area contributed by atoms with Crippen LogP contribution in [0.5, 0.6) is 0 Å². The Morgan fingerprint density at radius 2 is 1.90 bits per heavy atom. The molecule has 0 aliphatic heterocycles. The van der Waals surface area contributed by atoms with Crippen molar-refractivity contribution < 1.29 is 19.2 Å². The molecule has 29 heavy (non-hydrogen) atoms. The maximum atomic E-state index is 12.3. The molecule has 1 aromatic heterocycles. The first-order chi connectivity index (χ1) is 13.8. The van der Waals surface area contributed by atoms with Crippen LogP contribution in [0.1, 0.15) is 15.9 Å². The number of nitro groups is 1. The highest BCUT2D eigenvalue weighted by molar-refractivity contribution is 6.34. The maximum absolute atomic E-state index is 12.3. The summed E-state index contributed by atoms with van der Waals surface area (Å²) in [6.45, 7) is 1.39. The number of halogens is 1. The number of carbonyl (C=O) groups excluding carboxylic acids is 2. The van der Waals surface area contributed by atoms with Crippen LogP contribution < -0.4 is 5.32 Å². The second-order valence-corrected chi connectivity index (χ2v) is 6.54. The third-order valence-corrected chi connectivity index (χ3v) is 4.41. The monoisotopic (exact) mass is 413 g/mol. The first-order valence-corrected chi connectivity index (χ1v) is 8.88.